The van der Waals surface area contributed by atoms with Crippen LogP contribution in [0.3, 0.4) is 0 Å². The van der Waals surface area contributed by atoms with E-state index in [1.165, 1.54) is 6.07 Å². The van der Waals surface area contributed by atoms with Gasteiger partial charge in [0.25, 0.3) is 0 Å². The molecule has 0 spiro atoms. The molecule has 0 saturated carbocycles. The molecule has 0 heterocycles. The molecule has 0 saturated heterocycles. The first-order chi connectivity index (χ1) is 9.90. The van der Waals surface area contributed by atoms with Gasteiger partial charge in [0, 0.05) is 23.2 Å². The molecule has 0 fully saturated rings. The van der Waals surface area contributed by atoms with Crippen LogP contribution in [0.15, 0.2) is 30.3 Å². The lowest BCUT2D eigenvalue weighted by Gasteiger charge is -2.14. The van der Waals surface area contributed by atoms with Gasteiger partial charge >= 0.3 is 0 Å². The van der Waals surface area contributed by atoms with E-state index in [1.54, 1.807) is 18.2 Å². The molecule has 5 heteroatoms. The van der Waals surface area contributed by atoms with Gasteiger partial charge in [0.2, 0.25) is 0 Å². The zero-order valence-corrected chi connectivity index (χ0v) is 12.4. The van der Waals surface area contributed by atoms with Crippen LogP contribution in [0, 0.1) is 17.5 Å². The van der Waals surface area contributed by atoms with Crippen LogP contribution >= 0.6 is 11.6 Å². The molecular weight excluding hydrogens is 299 g/mol. The smallest absolute Gasteiger partial charge is 0.195 e. The van der Waals surface area contributed by atoms with Crippen molar-refractivity contribution in [3.63, 3.8) is 0 Å². The largest absolute Gasteiger partial charge is 0.310 e. The topological polar surface area (TPSA) is 12.0 Å². The Morgan fingerprint density at radius 2 is 1.71 bits per heavy atom. The number of hydrogen-bond donors (Lipinski definition) is 1. The average molecular weight is 314 g/mol. The average Bonchev–Trinajstić information content (AvgIpc) is 2.43. The summed E-state index contributed by atoms with van der Waals surface area (Å²) in [5.74, 6) is -3.89. The summed E-state index contributed by atoms with van der Waals surface area (Å²) in [6.45, 7) is 4.43. The summed E-state index contributed by atoms with van der Waals surface area (Å²) >= 11 is 5.94. The highest BCUT2D eigenvalue weighted by Crippen LogP contribution is 2.31. The standard InChI is InChI=1S/C16H15ClF3N/c1-9(2)21-8-10-3-4-11(17)7-13(10)12-5-6-14(18)16(20)15(12)19/h3-7,9,21H,8H2,1-2H3. The Bertz CT molecular complexity index is 656. The highest BCUT2D eigenvalue weighted by atomic mass is 35.5. The normalized spacial score (nSPS) is 11.2. The lowest BCUT2D eigenvalue weighted by atomic mass is 9.98. The zero-order valence-electron chi connectivity index (χ0n) is 11.7. The molecule has 0 aliphatic rings. The van der Waals surface area contributed by atoms with Crippen molar-refractivity contribution in [2.75, 3.05) is 0 Å². The van der Waals surface area contributed by atoms with Gasteiger partial charge in [-0.1, -0.05) is 31.5 Å². The summed E-state index contributed by atoms with van der Waals surface area (Å²) < 4.78 is 40.5. The van der Waals surface area contributed by atoms with E-state index in [0.717, 1.165) is 11.6 Å². The molecule has 0 aliphatic heterocycles. The number of rotatable bonds is 4. The summed E-state index contributed by atoms with van der Waals surface area (Å²) in [7, 11) is 0. The fraction of sp³-hybridized carbons (Fsp3) is 0.250. The predicted octanol–water partition coefficient (Wildman–Crippen LogP) is 4.92. The van der Waals surface area contributed by atoms with Gasteiger partial charge in [0.15, 0.2) is 17.5 Å². The maximum absolute atomic E-state index is 14.0. The Kier molecular flexibility index (Phi) is 4.91. The lowest BCUT2D eigenvalue weighted by Crippen LogP contribution is -2.22. The van der Waals surface area contributed by atoms with Crippen LogP contribution in [0.25, 0.3) is 11.1 Å². The minimum atomic E-state index is -1.48. The molecule has 0 atom stereocenters. The van der Waals surface area contributed by atoms with Crippen LogP contribution in [-0.2, 0) is 6.54 Å². The van der Waals surface area contributed by atoms with Crippen LogP contribution < -0.4 is 5.32 Å². The molecule has 2 rings (SSSR count). The summed E-state index contributed by atoms with van der Waals surface area (Å²) in [5, 5.41) is 3.61. The van der Waals surface area contributed by atoms with Gasteiger partial charge < -0.3 is 5.32 Å². The highest BCUT2D eigenvalue weighted by Gasteiger charge is 2.17. The minimum Gasteiger partial charge on any atom is -0.310 e. The molecule has 1 N–H and O–H groups in total. The first-order valence-electron chi connectivity index (χ1n) is 6.56. The van der Waals surface area contributed by atoms with E-state index in [-0.39, 0.29) is 11.6 Å². The Morgan fingerprint density at radius 1 is 1.00 bits per heavy atom. The van der Waals surface area contributed by atoms with E-state index in [4.69, 9.17) is 11.6 Å². The molecule has 0 aliphatic carbocycles. The maximum Gasteiger partial charge on any atom is 0.195 e. The second-order valence-electron chi connectivity index (χ2n) is 5.06. The van der Waals surface area contributed by atoms with Crippen molar-refractivity contribution in [1.29, 1.82) is 0 Å². The van der Waals surface area contributed by atoms with E-state index < -0.39 is 17.5 Å². The molecule has 112 valence electrons. The van der Waals surface area contributed by atoms with Crippen LogP contribution in [0.5, 0.6) is 0 Å². The zero-order chi connectivity index (χ0) is 15.6. The van der Waals surface area contributed by atoms with E-state index in [9.17, 15) is 13.2 Å². The molecule has 0 amide bonds. The van der Waals surface area contributed by atoms with Gasteiger partial charge in [-0.05, 0) is 35.4 Å². The van der Waals surface area contributed by atoms with Crippen molar-refractivity contribution in [3.05, 3.63) is 58.4 Å². The first kappa shape index (κ1) is 15.9. The van der Waals surface area contributed by atoms with Crippen molar-refractivity contribution in [1.82, 2.24) is 5.32 Å². The molecule has 21 heavy (non-hydrogen) atoms. The third kappa shape index (κ3) is 3.57. The van der Waals surface area contributed by atoms with Crippen molar-refractivity contribution in [2.24, 2.45) is 0 Å². The van der Waals surface area contributed by atoms with Gasteiger partial charge in [-0.25, -0.2) is 13.2 Å². The van der Waals surface area contributed by atoms with Crippen molar-refractivity contribution < 1.29 is 13.2 Å². The number of hydrogen-bond acceptors (Lipinski definition) is 1. The number of benzene rings is 2. The molecule has 0 unspecified atom stereocenters. The Hall–Kier alpha value is -1.52. The minimum absolute atomic E-state index is 0.00282. The Balaban J connectivity index is 2.52. The second kappa shape index (κ2) is 6.50. The van der Waals surface area contributed by atoms with Gasteiger partial charge in [-0.3, -0.25) is 0 Å². The molecule has 0 radical (unpaired) electrons. The van der Waals surface area contributed by atoms with Crippen molar-refractivity contribution in [3.8, 4) is 11.1 Å². The fourth-order valence-corrected chi connectivity index (χ4v) is 2.17. The third-order valence-electron chi connectivity index (χ3n) is 3.10. The monoisotopic (exact) mass is 313 g/mol. The predicted molar refractivity (Wildman–Crippen MR) is 78.7 cm³/mol. The van der Waals surface area contributed by atoms with E-state index >= 15 is 0 Å². The van der Waals surface area contributed by atoms with Crippen LogP contribution in [-0.4, -0.2) is 6.04 Å². The molecule has 2 aromatic rings. The SMILES string of the molecule is CC(C)NCc1ccc(Cl)cc1-c1ccc(F)c(F)c1F. The Morgan fingerprint density at radius 3 is 2.38 bits per heavy atom. The van der Waals surface area contributed by atoms with E-state index in [1.807, 2.05) is 13.8 Å². The maximum atomic E-state index is 14.0. The molecule has 2 aromatic carbocycles. The molecule has 1 nitrogen and oxygen atoms in total. The lowest BCUT2D eigenvalue weighted by molar-refractivity contribution is 0.449. The van der Waals surface area contributed by atoms with Gasteiger partial charge in [-0.15, -0.1) is 0 Å². The quantitative estimate of drug-likeness (QED) is 0.790. The van der Waals surface area contributed by atoms with Crippen molar-refractivity contribution >= 4 is 11.6 Å². The molecule has 0 bridgehead atoms. The van der Waals surface area contributed by atoms with Crippen LogP contribution in [0.2, 0.25) is 5.02 Å². The number of halogens is 4. The second-order valence-corrected chi connectivity index (χ2v) is 5.50. The molecular formula is C16H15ClF3N. The van der Waals surface area contributed by atoms with Crippen LogP contribution in [0.4, 0.5) is 13.2 Å². The van der Waals surface area contributed by atoms with Gasteiger partial charge in [0.05, 0.1) is 0 Å². The Labute approximate surface area is 126 Å². The van der Waals surface area contributed by atoms with E-state index in [0.29, 0.717) is 17.1 Å². The summed E-state index contributed by atoms with van der Waals surface area (Å²) in [6.07, 6.45) is 0. The van der Waals surface area contributed by atoms with Gasteiger partial charge in [0.1, 0.15) is 0 Å². The summed E-state index contributed by atoms with van der Waals surface area (Å²) in [5.41, 5.74) is 1.21. The summed E-state index contributed by atoms with van der Waals surface area (Å²) in [4.78, 5) is 0. The number of nitrogens with one attached hydrogen (secondary N) is 1. The van der Waals surface area contributed by atoms with Crippen LogP contribution in [0.1, 0.15) is 19.4 Å². The third-order valence-corrected chi connectivity index (χ3v) is 3.33. The van der Waals surface area contributed by atoms with Crippen molar-refractivity contribution in [2.45, 2.75) is 26.4 Å². The van der Waals surface area contributed by atoms with Gasteiger partial charge in [-0.2, -0.15) is 0 Å². The highest BCUT2D eigenvalue weighted by molar-refractivity contribution is 6.30. The fourth-order valence-electron chi connectivity index (χ4n) is 2.00. The molecule has 0 aromatic heterocycles. The van der Waals surface area contributed by atoms with E-state index in [2.05, 4.69) is 5.32 Å². The summed E-state index contributed by atoms with van der Waals surface area (Å²) in [6, 6.07) is 7.35. The first-order valence-corrected chi connectivity index (χ1v) is 6.93.